The highest BCUT2D eigenvalue weighted by Crippen LogP contribution is 2.53. The smallest absolute Gasteiger partial charge is 0.237 e. The minimum absolute atomic E-state index is 0.00972. The molecule has 17 nitrogen and oxygen atoms in total. The van der Waals surface area contributed by atoms with Crippen LogP contribution in [0.5, 0.6) is 63.2 Å². The molecule has 59 heavy (non-hydrogen) atoms. The van der Waals surface area contributed by atoms with E-state index < -0.39 is 49.8 Å². The van der Waals surface area contributed by atoms with Gasteiger partial charge in [0.15, 0.2) is 58.2 Å². The molecule has 0 bridgehead atoms. The van der Waals surface area contributed by atoms with Crippen molar-refractivity contribution in [2.45, 2.75) is 36.6 Å². The summed E-state index contributed by atoms with van der Waals surface area (Å²) >= 11 is 0. The fourth-order valence-corrected chi connectivity index (χ4v) is 6.54. The number of aliphatic hydroxyl groups excluding tert-OH is 5. The van der Waals surface area contributed by atoms with Gasteiger partial charge in [-0.15, -0.1) is 0 Å². The van der Waals surface area contributed by atoms with E-state index in [-0.39, 0.29) is 63.9 Å². The topological polar surface area (TPSA) is 231 Å². The predicted molar refractivity (Wildman–Crippen MR) is 210 cm³/mol. The van der Waals surface area contributed by atoms with Gasteiger partial charge in [0, 0.05) is 23.3 Å². The minimum atomic E-state index is -1.82. The maximum atomic E-state index is 11.3. The molecule has 0 aromatic heterocycles. The fourth-order valence-electron chi connectivity index (χ4n) is 6.54. The lowest BCUT2D eigenvalue weighted by Crippen LogP contribution is -2.39. The zero-order valence-corrected chi connectivity index (χ0v) is 33.2. The van der Waals surface area contributed by atoms with Gasteiger partial charge in [0.2, 0.25) is 17.8 Å². The number of ether oxygens (including phenoxy) is 10. The van der Waals surface area contributed by atoms with E-state index in [0.29, 0.717) is 34.5 Å². The van der Waals surface area contributed by atoms with Gasteiger partial charge in [0.25, 0.3) is 0 Å². The van der Waals surface area contributed by atoms with Crippen LogP contribution in [0.3, 0.4) is 0 Å². The molecule has 4 aromatic carbocycles. The van der Waals surface area contributed by atoms with Crippen LogP contribution in [-0.2, 0) is 4.79 Å². The number of phenols is 1. The van der Waals surface area contributed by atoms with E-state index in [0.717, 1.165) is 0 Å². The van der Waals surface area contributed by atoms with Crippen LogP contribution in [-0.4, -0.2) is 118 Å². The molecule has 0 radical (unpaired) electrons. The Bertz CT molecular complexity index is 2030. The molecule has 0 fully saturated rings. The van der Waals surface area contributed by atoms with Crippen molar-refractivity contribution in [1.82, 2.24) is 0 Å². The standard InChI is InChI=1S/C42H48O17/c1-50-29-14-23(9-10-28(29)47)37(48)35(20-45)57-40-33(54-5)17-25(18-34(40)55-6)56-36(21-46)42(49)59-41-31(52-3)15-24(16-32(41)53-4)38-27(19-44)26-12-22(8-7-11-43)13-30(51-2)39(26)58-38/h7-18,27,35-38,42,44-49H,19-21H2,1-6H3. The molecule has 0 saturated carbocycles. The summed E-state index contributed by atoms with van der Waals surface area (Å²) in [5.41, 5.74) is 2.14. The van der Waals surface area contributed by atoms with Gasteiger partial charge in [-0.05, 0) is 53.6 Å². The van der Waals surface area contributed by atoms with E-state index in [4.69, 9.17) is 47.4 Å². The second kappa shape index (κ2) is 20.0. The van der Waals surface area contributed by atoms with Crippen LogP contribution in [0.4, 0.5) is 0 Å². The Morgan fingerprint density at radius 2 is 1.25 bits per heavy atom. The Morgan fingerprint density at radius 1 is 0.678 bits per heavy atom. The third-order valence-electron chi connectivity index (χ3n) is 9.52. The van der Waals surface area contributed by atoms with Crippen LogP contribution in [0.15, 0.2) is 60.7 Å². The normalized spacial score (nSPS) is 16.5. The number of phenolic OH excluding ortho intramolecular Hbond substituents is 1. The number of rotatable bonds is 21. The quantitative estimate of drug-likeness (QED) is 0.0401. The number of aliphatic hydroxyl groups is 5. The number of hydrogen-bond acceptors (Lipinski definition) is 17. The second-order valence-electron chi connectivity index (χ2n) is 12.9. The number of benzene rings is 4. The van der Waals surface area contributed by atoms with Crippen LogP contribution in [0.25, 0.3) is 6.08 Å². The number of aldehydes is 1. The third-order valence-corrected chi connectivity index (χ3v) is 9.52. The average Bonchev–Trinajstić information content (AvgIpc) is 3.64. The van der Waals surface area contributed by atoms with Crippen LogP contribution >= 0.6 is 0 Å². The lowest BCUT2D eigenvalue weighted by atomic mass is 9.90. The maximum Gasteiger partial charge on any atom is 0.237 e. The molecule has 5 rings (SSSR count). The average molecular weight is 825 g/mol. The summed E-state index contributed by atoms with van der Waals surface area (Å²) in [6.07, 6.45) is -3.00. The van der Waals surface area contributed by atoms with E-state index in [2.05, 4.69) is 0 Å². The minimum Gasteiger partial charge on any atom is -0.504 e. The number of aromatic hydroxyl groups is 1. The summed E-state index contributed by atoms with van der Waals surface area (Å²) in [5.74, 6) is 0.547. The molecule has 318 valence electrons. The molecule has 0 spiro atoms. The van der Waals surface area contributed by atoms with Gasteiger partial charge in [0.1, 0.15) is 24.2 Å². The summed E-state index contributed by atoms with van der Waals surface area (Å²) in [5, 5.41) is 63.4. The van der Waals surface area contributed by atoms with Crippen molar-refractivity contribution in [3.05, 3.63) is 82.9 Å². The van der Waals surface area contributed by atoms with Crippen molar-refractivity contribution >= 4 is 12.4 Å². The fraction of sp³-hybridized carbons (Fsp3) is 0.357. The summed E-state index contributed by atoms with van der Waals surface area (Å²) in [6.45, 7) is -1.68. The molecule has 1 aliphatic rings. The molecule has 1 heterocycles. The lowest BCUT2D eigenvalue weighted by Gasteiger charge is -2.27. The lowest BCUT2D eigenvalue weighted by molar-refractivity contribution is -0.109. The first-order valence-corrected chi connectivity index (χ1v) is 18.1. The summed E-state index contributed by atoms with van der Waals surface area (Å²) < 4.78 is 57.2. The van der Waals surface area contributed by atoms with Crippen LogP contribution < -0.4 is 47.4 Å². The molecular weight excluding hydrogens is 776 g/mol. The first-order chi connectivity index (χ1) is 28.5. The number of allylic oxidation sites excluding steroid dienone is 1. The van der Waals surface area contributed by atoms with Crippen LogP contribution in [0.1, 0.15) is 40.4 Å². The molecule has 0 saturated heterocycles. The van der Waals surface area contributed by atoms with Gasteiger partial charge >= 0.3 is 0 Å². The molecule has 6 atom stereocenters. The number of fused-ring (bicyclic) bond motifs is 1. The number of hydrogen-bond donors (Lipinski definition) is 6. The monoisotopic (exact) mass is 824 g/mol. The number of carbonyl (C=O) groups excluding carboxylic acids is 1. The van der Waals surface area contributed by atoms with Crippen LogP contribution in [0, 0.1) is 0 Å². The van der Waals surface area contributed by atoms with Crippen molar-refractivity contribution in [2.75, 3.05) is 62.5 Å². The van der Waals surface area contributed by atoms with E-state index >= 15 is 0 Å². The molecule has 17 heteroatoms. The Morgan fingerprint density at radius 3 is 1.80 bits per heavy atom. The van der Waals surface area contributed by atoms with E-state index in [1.165, 1.54) is 79.1 Å². The van der Waals surface area contributed by atoms with Gasteiger partial charge in [-0.1, -0.05) is 12.1 Å². The third kappa shape index (κ3) is 9.45. The van der Waals surface area contributed by atoms with Gasteiger partial charge in [0.05, 0.1) is 68.4 Å². The van der Waals surface area contributed by atoms with E-state index in [1.54, 1.807) is 30.3 Å². The molecule has 0 amide bonds. The van der Waals surface area contributed by atoms with Gasteiger partial charge in [-0.25, -0.2) is 0 Å². The first-order valence-electron chi connectivity index (χ1n) is 18.1. The number of carbonyl (C=O) groups is 1. The highest BCUT2D eigenvalue weighted by atomic mass is 16.7. The van der Waals surface area contributed by atoms with Crippen molar-refractivity contribution in [1.29, 1.82) is 0 Å². The summed E-state index contributed by atoms with van der Waals surface area (Å²) in [6, 6.07) is 13.6. The van der Waals surface area contributed by atoms with Gasteiger partial charge in [-0.3, -0.25) is 4.79 Å². The predicted octanol–water partition coefficient (Wildman–Crippen LogP) is 3.48. The van der Waals surface area contributed by atoms with Crippen molar-refractivity contribution in [2.24, 2.45) is 0 Å². The molecule has 4 aromatic rings. The Hall–Kier alpha value is -6.11. The highest BCUT2D eigenvalue weighted by molar-refractivity contribution is 5.75. The number of methoxy groups -OCH3 is 6. The largest absolute Gasteiger partial charge is 0.504 e. The Labute approximate surface area is 340 Å². The van der Waals surface area contributed by atoms with E-state index in [9.17, 15) is 35.4 Å². The van der Waals surface area contributed by atoms with Gasteiger partial charge in [-0.2, -0.15) is 0 Å². The SMILES string of the molecule is COc1cc(C(O)C(CO)Oc2c(OC)cc(OC(CO)C(O)Oc3c(OC)cc(C4Oc5c(OC)cc(C=CC=O)cc5C4CO)cc3OC)cc2OC)ccc1O. The molecular formula is C42H48O17. The van der Waals surface area contributed by atoms with Crippen molar-refractivity contribution < 1.29 is 82.8 Å². The van der Waals surface area contributed by atoms with E-state index in [1.807, 2.05) is 0 Å². The zero-order valence-electron chi connectivity index (χ0n) is 33.2. The van der Waals surface area contributed by atoms with Crippen molar-refractivity contribution in [3.63, 3.8) is 0 Å². The highest BCUT2D eigenvalue weighted by Gasteiger charge is 2.39. The molecule has 0 aliphatic carbocycles. The Balaban J connectivity index is 1.38. The summed E-state index contributed by atoms with van der Waals surface area (Å²) in [4.78, 5) is 11.0. The summed E-state index contributed by atoms with van der Waals surface area (Å²) in [7, 11) is 8.27. The second-order valence-corrected chi connectivity index (χ2v) is 12.9. The zero-order chi connectivity index (χ0) is 42.8. The van der Waals surface area contributed by atoms with Crippen molar-refractivity contribution in [3.8, 4) is 63.2 Å². The first kappa shape index (κ1) is 44.0. The molecule has 6 unspecified atom stereocenters. The maximum absolute atomic E-state index is 11.3. The van der Waals surface area contributed by atoms with Crippen LogP contribution in [0.2, 0.25) is 0 Å². The van der Waals surface area contributed by atoms with Gasteiger partial charge < -0.3 is 78.0 Å². The molecule has 6 N–H and O–H groups in total. The molecule has 1 aliphatic heterocycles. The Kier molecular flexibility index (Phi) is 14.9.